The molecule has 2 aliphatic rings. The average molecular weight is 330 g/mol. The molecular formula is C19H30N4O. The van der Waals surface area contributed by atoms with Crippen molar-refractivity contribution in [2.75, 3.05) is 56.0 Å². The summed E-state index contributed by atoms with van der Waals surface area (Å²) in [5, 5.41) is 3.03. The Labute approximate surface area is 145 Å². The van der Waals surface area contributed by atoms with E-state index in [0.29, 0.717) is 0 Å². The normalized spacial score (nSPS) is 20.2. The van der Waals surface area contributed by atoms with Crippen molar-refractivity contribution in [2.45, 2.75) is 26.7 Å². The van der Waals surface area contributed by atoms with Crippen molar-refractivity contribution >= 4 is 17.4 Å². The summed E-state index contributed by atoms with van der Waals surface area (Å²) in [5.41, 5.74) is 2.14. The van der Waals surface area contributed by atoms with E-state index >= 15 is 0 Å². The molecular weight excluding hydrogens is 300 g/mol. The van der Waals surface area contributed by atoms with Gasteiger partial charge in [-0.1, -0.05) is 13.8 Å². The van der Waals surface area contributed by atoms with Crippen LogP contribution in [0.3, 0.4) is 0 Å². The number of benzene rings is 1. The van der Waals surface area contributed by atoms with Crippen LogP contribution in [0.1, 0.15) is 26.7 Å². The smallest absolute Gasteiger partial charge is 0.321 e. The van der Waals surface area contributed by atoms with Crippen LogP contribution in [0.5, 0.6) is 0 Å². The fourth-order valence-corrected chi connectivity index (χ4v) is 3.49. The van der Waals surface area contributed by atoms with Gasteiger partial charge in [0.05, 0.1) is 0 Å². The van der Waals surface area contributed by atoms with E-state index in [2.05, 4.69) is 41.1 Å². The molecule has 0 aromatic heterocycles. The van der Waals surface area contributed by atoms with Gasteiger partial charge in [0, 0.05) is 50.6 Å². The lowest BCUT2D eigenvalue weighted by Crippen LogP contribution is -2.49. The molecule has 1 aromatic carbocycles. The van der Waals surface area contributed by atoms with E-state index in [9.17, 15) is 4.79 Å². The Morgan fingerprint density at radius 3 is 2.25 bits per heavy atom. The van der Waals surface area contributed by atoms with E-state index in [1.54, 1.807) is 0 Å². The Bertz CT molecular complexity index is 529. The lowest BCUT2D eigenvalue weighted by Gasteiger charge is -2.34. The van der Waals surface area contributed by atoms with E-state index in [1.807, 2.05) is 17.0 Å². The van der Waals surface area contributed by atoms with E-state index in [1.165, 1.54) is 18.5 Å². The second kappa shape index (κ2) is 7.88. The molecule has 24 heavy (non-hydrogen) atoms. The minimum absolute atomic E-state index is 0.0188. The molecule has 2 amide bonds. The molecule has 0 unspecified atom stereocenters. The average Bonchev–Trinajstić information content (AvgIpc) is 2.63. The molecule has 3 rings (SSSR count). The summed E-state index contributed by atoms with van der Waals surface area (Å²) in [6.07, 6.45) is 2.53. The molecule has 2 saturated heterocycles. The maximum atomic E-state index is 12.4. The van der Waals surface area contributed by atoms with Crippen LogP contribution >= 0.6 is 0 Å². The van der Waals surface area contributed by atoms with Gasteiger partial charge in [-0.15, -0.1) is 0 Å². The van der Waals surface area contributed by atoms with Crippen LogP contribution < -0.4 is 10.2 Å². The first kappa shape index (κ1) is 17.1. The minimum atomic E-state index is 0.0188. The maximum absolute atomic E-state index is 12.4. The van der Waals surface area contributed by atoms with Gasteiger partial charge in [-0.05, 0) is 49.6 Å². The van der Waals surface area contributed by atoms with Crippen LogP contribution in [0.25, 0.3) is 0 Å². The topological polar surface area (TPSA) is 38.8 Å². The van der Waals surface area contributed by atoms with Crippen molar-refractivity contribution in [1.29, 1.82) is 0 Å². The Morgan fingerprint density at radius 1 is 1.04 bits per heavy atom. The van der Waals surface area contributed by atoms with Gasteiger partial charge in [-0.3, -0.25) is 0 Å². The van der Waals surface area contributed by atoms with Crippen LogP contribution in [0.4, 0.5) is 16.2 Å². The van der Waals surface area contributed by atoms with Gasteiger partial charge in [-0.25, -0.2) is 4.79 Å². The van der Waals surface area contributed by atoms with Gasteiger partial charge in [0.25, 0.3) is 0 Å². The third-order valence-corrected chi connectivity index (χ3v) is 5.37. The zero-order valence-electron chi connectivity index (χ0n) is 15.0. The van der Waals surface area contributed by atoms with Crippen molar-refractivity contribution in [2.24, 2.45) is 5.92 Å². The first-order chi connectivity index (χ1) is 11.7. The fraction of sp³-hybridized carbons (Fsp3) is 0.632. The molecule has 0 spiro atoms. The van der Waals surface area contributed by atoms with Gasteiger partial charge in [0.1, 0.15) is 0 Å². The summed E-state index contributed by atoms with van der Waals surface area (Å²) in [4.78, 5) is 19.1. The van der Waals surface area contributed by atoms with Crippen LogP contribution in [0, 0.1) is 5.92 Å². The summed E-state index contributed by atoms with van der Waals surface area (Å²) in [7, 11) is 0. The Balaban J connectivity index is 1.51. The lowest BCUT2D eigenvalue weighted by atomic mass is 9.99. The third-order valence-electron chi connectivity index (χ3n) is 5.37. The van der Waals surface area contributed by atoms with Crippen molar-refractivity contribution < 1.29 is 4.79 Å². The Kier molecular flexibility index (Phi) is 5.61. The molecule has 5 nitrogen and oxygen atoms in total. The number of anilines is 2. The highest BCUT2D eigenvalue weighted by molar-refractivity contribution is 5.89. The zero-order valence-corrected chi connectivity index (χ0v) is 15.0. The first-order valence-electron chi connectivity index (χ1n) is 9.29. The molecule has 132 valence electrons. The number of likely N-dealkylation sites (N-methyl/N-ethyl adjacent to an activating group) is 1. The minimum Gasteiger partial charge on any atom is -0.372 e. The number of nitrogens with one attached hydrogen (secondary N) is 1. The molecule has 1 aromatic rings. The molecule has 2 aliphatic heterocycles. The van der Waals surface area contributed by atoms with E-state index in [4.69, 9.17) is 0 Å². The molecule has 0 atom stereocenters. The van der Waals surface area contributed by atoms with Crippen molar-refractivity contribution in [3.05, 3.63) is 24.3 Å². The SMILES string of the molecule is CCN1CCN(C(=O)Nc2ccc(N3CCC(C)CC3)cc2)CC1. The Morgan fingerprint density at radius 2 is 1.67 bits per heavy atom. The Hall–Kier alpha value is -1.75. The van der Waals surface area contributed by atoms with E-state index in [0.717, 1.165) is 57.4 Å². The zero-order chi connectivity index (χ0) is 16.9. The van der Waals surface area contributed by atoms with Crippen molar-refractivity contribution in [3.8, 4) is 0 Å². The number of nitrogens with zero attached hydrogens (tertiary/aromatic N) is 3. The predicted octanol–water partition coefficient (Wildman–Crippen LogP) is 3.09. The lowest BCUT2D eigenvalue weighted by molar-refractivity contribution is 0.151. The van der Waals surface area contributed by atoms with Crippen LogP contribution in [-0.2, 0) is 0 Å². The number of rotatable bonds is 3. The molecule has 0 radical (unpaired) electrons. The van der Waals surface area contributed by atoms with Crippen molar-refractivity contribution in [1.82, 2.24) is 9.80 Å². The van der Waals surface area contributed by atoms with Gasteiger partial charge >= 0.3 is 6.03 Å². The highest BCUT2D eigenvalue weighted by Gasteiger charge is 2.20. The molecule has 0 saturated carbocycles. The molecule has 0 aliphatic carbocycles. The number of amides is 2. The van der Waals surface area contributed by atoms with Crippen LogP contribution in [0.15, 0.2) is 24.3 Å². The van der Waals surface area contributed by atoms with E-state index in [-0.39, 0.29) is 6.03 Å². The van der Waals surface area contributed by atoms with E-state index < -0.39 is 0 Å². The van der Waals surface area contributed by atoms with Crippen LogP contribution in [0.2, 0.25) is 0 Å². The fourth-order valence-electron chi connectivity index (χ4n) is 3.49. The van der Waals surface area contributed by atoms with Gasteiger partial charge in [-0.2, -0.15) is 0 Å². The second-order valence-corrected chi connectivity index (χ2v) is 7.07. The quantitative estimate of drug-likeness (QED) is 0.925. The molecule has 1 N–H and O–H groups in total. The summed E-state index contributed by atoms with van der Waals surface area (Å²) in [6, 6.07) is 8.31. The third kappa shape index (κ3) is 4.20. The van der Waals surface area contributed by atoms with Crippen LogP contribution in [-0.4, -0.2) is 61.6 Å². The number of hydrogen-bond acceptors (Lipinski definition) is 3. The number of urea groups is 1. The van der Waals surface area contributed by atoms with Crippen molar-refractivity contribution in [3.63, 3.8) is 0 Å². The predicted molar refractivity (Wildman–Crippen MR) is 99.8 cm³/mol. The first-order valence-corrected chi connectivity index (χ1v) is 9.29. The highest BCUT2D eigenvalue weighted by atomic mass is 16.2. The maximum Gasteiger partial charge on any atom is 0.321 e. The molecule has 5 heteroatoms. The molecule has 2 heterocycles. The number of carbonyl (C=O) groups is 1. The summed E-state index contributed by atoms with van der Waals surface area (Å²) in [6.45, 7) is 11.4. The summed E-state index contributed by atoms with van der Waals surface area (Å²) >= 11 is 0. The number of hydrogen-bond donors (Lipinski definition) is 1. The largest absolute Gasteiger partial charge is 0.372 e. The number of piperazine rings is 1. The second-order valence-electron chi connectivity index (χ2n) is 7.07. The summed E-state index contributed by atoms with van der Waals surface area (Å²) in [5.74, 6) is 0.841. The number of carbonyl (C=O) groups excluding carboxylic acids is 1. The highest BCUT2D eigenvalue weighted by Crippen LogP contribution is 2.24. The molecule has 2 fully saturated rings. The van der Waals surface area contributed by atoms with Gasteiger partial charge in [0.2, 0.25) is 0 Å². The van der Waals surface area contributed by atoms with Gasteiger partial charge in [0.15, 0.2) is 0 Å². The summed E-state index contributed by atoms with van der Waals surface area (Å²) < 4.78 is 0. The monoisotopic (exact) mass is 330 g/mol. The number of piperidine rings is 1. The molecule has 0 bridgehead atoms. The van der Waals surface area contributed by atoms with Gasteiger partial charge < -0.3 is 20.0 Å². The standard InChI is InChI=1S/C19H30N4O/c1-3-21-12-14-23(15-13-21)19(24)20-17-4-6-18(7-5-17)22-10-8-16(2)9-11-22/h4-7,16H,3,8-15H2,1-2H3,(H,20,24).